The molecule has 1 heterocycles. The van der Waals surface area contributed by atoms with Gasteiger partial charge in [-0.25, -0.2) is 14.6 Å². The van der Waals surface area contributed by atoms with Gasteiger partial charge in [0.15, 0.2) is 0 Å². The van der Waals surface area contributed by atoms with Crippen LogP contribution in [0, 0.1) is 0 Å². The number of hydrogen-bond acceptors (Lipinski definition) is 6. The maximum absolute atomic E-state index is 13.5. The van der Waals surface area contributed by atoms with Crippen LogP contribution in [0.15, 0.2) is 72.8 Å². The lowest BCUT2D eigenvalue weighted by molar-refractivity contribution is 0.0587. The molecular formula is C26H19ClN2O5. The van der Waals surface area contributed by atoms with E-state index in [4.69, 9.17) is 21.1 Å². The van der Waals surface area contributed by atoms with Crippen molar-refractivity contribution in [3.8, 4) is 11.3 Å². The van der Waals surface area contributed by atoms with Crippen molar-refractivity contribution in [3.05, 3.63) is 94.5 Å². The third-order valence-corrected chi connectivity index (χ3v) is 5.45. The number of methoxy groups -OCH3 is 2. The van der Waals surface area contributed by atoms with Crippen molar-refractivity contribution in [1.82, 2.24) is 4.98 Å². The average molecular weight is 475 g/mol. The molecule has 0 fully saturated rings. The molecule has 1 amide bonds. The van der Waals surface area contributed by atoms with Crippen LogP contribution in [0.25, 0.3) is 22.2 Å². The molecule has 0 unspecified atom stereocenters. The molecule has 4 rings (SSSR count). The first-order valence-corrected chi connectivity index (χ1v) is 10.6. The Labute approximate surface area is 200 Å². The molecule has 0 aliphatic rings. The first kappa shape index (κ1) is 22.9. The molecule has 0 spiro atoms. The van der Waals surface area contributed by atoms with Crippen molar-refractivity contribution in [3.63, 3.8) is 0 Å². The van der Waals surface area contributed by atoms with E-state index < -0.39 is 17.8 Å². The van der Waals surface area contributed by atoms with E-state index in [0.717, 1.165) is 5.56 Å². The van der Waals surface area contributed by atoms with E-state index in [9.17, 15) is 14.4 Å². The van der Waals surface area contributed by atoms with Crippen molar-refractivity contribution >= 4 is 46.0 Å². The van der Waals surface area contributed by atoms with Crippen LogP contribution in [-0.2, 0) is 9.47 Å². The number of anilines is 1. The number of rotatable bonds is 5. The van der Waals surface area contributed by atoms with E-state index in [1.165, 1.54) is 32.4 Å². The van der Waals surface area contributed by atoms with Crippen molar-refractivity contribution in [1.29, 1.82) is 0 Å². The first-order valence-electron chi connectivity index (χ1n) is 10.2. The van der Waals surface area contributed by atoms with Gasteiger partial charge < -0.3 is 14.8 Å². The molecule has 170 valence electrons. The lowest BCUT2D eigenvalue weighted by Crippen LogP contribution is -2.17. The van der Waals surface area contributed by atoms with E-state index in [-0.39, 0.29) is 16.8 Å². The van der Waals surface area contributed by atoms with Crippen LogP contribution < -0.4 is 5.32 Å². The van der Waals surface area contributed by atoms with Gasteiger partial charge in [0.1, 0.15) is 0 Å². The largest absolute Gasteiger partial charge is 0.465 e. The summed E-state index contributed by atoms with van der Waals surface area (Å²) in [4.78, 5) is 42.4. The van der Waals surface area contributed by atoms with Crippen LogP contribution >= 0.6 is 11.6 Å². The number of hydrogen-bond donors (Lipinski definition) is 1. The molecule has 34 heavy (non-hydrogen) atoms. The summed E-state index contributed by atoms with van der Waals surface area (Å²) in [6, 6.07) is 20.2. The lowest BCUT2D eigenvalue weighted by atomic mass is 10.0. The van der Waals surface area contributed by atoms with Crippen molar-refractivity contribution in [2.45, 2.75) is 0 Å². The second kappa shape index (κ2) is 9.72. The molecule has 1 aromatic heterocycles. The average Bonchev–Trinajstić information content (AvgIpc) is 2.87. The topological polar surface area (TPSA) is 94.6 Å². The van der Waals surface area contributed by atoms with Crippen LogP contribution in [0.4, 0.5) is 5.69 Å². The molecule has 0 radical (unpaired) electrons. The van der Waals surface area contributed by atoms with E-state index in [2.05, 4.69) is 10.3 Å². The third-order valence-electron chi connectivity index (χ3n) is 5.19. The number of amides is 1. The van der Waals surface area contributed by atoms with Gasteiger partial charge in [-0.05, 0) is 42.5 Å². The van der Waals surface area contributed by atoms with Crippen molar-refractivity contribution < 1.29 is 23.9 Å². The number of aromatic nitrogens is 1. The van der Waals surface area contributed by atoms with Gasteiger partial charge in [0.2, 0.25) is 0 Å². The Kier molecular flexibility index (Phi) is 6.56. The molecule has 7 nitrogen and oxygen atoms in total. The Bertz CT molecular complexity index is 1420. The number of benzene rings is 3. The fourth-order valence-electron chi connectivity index (χ4n) is 3.50. The molecule has 0 saturated carbocycles. The Morgan fingerprint density at radius 3 is 2.24 bits per heavy atom. The number of para-hydroxylation sites is 1. The monoisotopic (exact) mass is 474 g/mol. The normalized spacial score (nSPS) is 10.6. The predicted molar refractivity (Wildman–Crippen MR) is 129 cm³/mol. The number of nitrogens with one attached hydrogen (secondary N) is 1. The highest BCUT2D eigenvalue weighted by atomic mass is 35.5. The van der Waals surface area contributed by atoms with Crippen LogP contribution in [0.2, 0.25) is 5.02 Å². The standard InChI is InChI=1S/C26H19ClN2O5/c1-33-25(31)16-9-12-19(26(32)34-2)23(13-16)29-24(30)20-14-22(15-7-10-17(27)11-8-15)28-21-6-4-3-5-18(20)21/h3-14H,1-2H3,(H,29,30). The van der Waals surface area contributed by atoms with Crippen molar-refractivity contribution in [2.75, 3.05) is 19.5 Å². The van der Waals surface area contributed by atoms with Crippen LogP contribution in [0.1, 0.15) is 31.1 Å². The van der Waals surface area contributed by atoms with Gasteiger partial charge in [0.05, 0.1) is 47.8 Å². The summed E-state index contributed by atoms with van der Waals surface area (Å²) in [5.41, 5.74) is 2.72. The summed E-state index contributed by atoms with van der Waals surface area (Å²) in [5.74, 6) is -1.75. The van der Waals surface area contributed by atoms with Crippen LogP contribution in [0.5, 0.6) is 0 Å². The summed E-state index contributed by atoms with van der Waals surface area (Å²) in [6.45, 7) is 0. The molecule has 0 bridgehead atoms. The number of ether oxygens (including phenoxy) is 2. The maximum Gasteiger partial charge on any atom is 0.339 e. The van der Waals surface area contributed by atoms with Crippen LogP contribution in [-0.4, -0.2) is 37.0 Å². The van der Waals surface area contributed by atoms with E-state index in [0.29, 0.717) is 27.2 Å². The number of carbonyl (C=O) groups is 3. The highest BCUT2D eigenvalue weighted by molar-refractivity contribution is 6.30. The minimum absolute atomic E-state index is 0.0970. The zero-order valence-corrected chi connectivity index (χ0v) is 19.1. The molecular weight excluding hydrogens is 456 g/mol. The number of esters is 2. The minimum atomic E-state index is -0.659. The van der Waals surface area contributed by atoms with Gasteiger partial charge in [0, 0.05) is 16.0 Å². The van der Waals surface area contributed by atoms with Crippen molar-refractivity contribution in [2.24, 2.45) is 0 Å². The number of carbonyl (C=O) groups excluding carboxylic acids is 3. The molecule has 0 aliphatic carbocycles. The fourth-order valence-corrected chi connectivity index (χ4v) is 3.63. The molecule has 4 aromatic rings. The lowest BCUT2D eigenvalue weighted by Gasteiger charge is -2.13. The number of fused-ring (bicyclic) bond motifs is 1. The van der Waals surface area contributed by atoms with Gasteiger partial charge in [0.25, 0.3) is 5.91 Å². The second-order valence-electron chi connectivity index (χ2n) is 7.28. The molecule has 1 N–H and O–H groups in total. The van der Waals surface area contributed by atoms with Gasteiger partial charge in [-0.15, -0.1) is 0 Å². The van der Waals surface area contributed by atoms with Gasteiger partial charge in [-0.3, -0.25) is 4.79 Å². The third kappa shape index (κ3) is 4.60. The number of pyridine rings is 1. The summed E-state index contributed by atoms with van der Waals surface area (Å²) in [5, 5.41) is 3.96. The summed E-state index contributed by atoms with van der Waals surface area (Å²) >= 11 is 6.01. The minimum Gasteiger partial charge on any atom is -0.465 e. The zero-order valence-electron chi connectivity index (χ0n) is 18.3. The summed E-state index contributed by atoms with van der Waals surface area (Å²) in [6.07, 6.45) is 0. The molecule has 0 atom stereocenters. The Morgan fingerprint density at radius 1 is 0.824 bits per heavy atom. The van der Waals surface area contributed by atoms with Gasteiger partial charge >= 0.3 is 11.9 Å². The molecule has 0 aliphatic heterocycles. The summed E-state index contributed by atoms with van der Waals surface area (Å²) in [7, 11) is 2.48. The van der Waals surface area contributed by atoms with Gasteiger partial charge in [-0.2, -0.15) is 0 Å². The molecule has 8 heteroatoms. The SMILES string of the molecule is COC(=O)c1ccc(C(=O)OC)c(NC(=O)c2cc(-c3ccc(Cl)cc3)nc3ccccc23)c1. The maximum atomic E-state index is 13.5. The predicted octanol–water partition coefficient (Wildman–Crippen LogP) is 5.38. The Balaban J connectivity index is 1.81. The zero-order chi connectivity index (χ0) is 24.2. The highest BCUT2D eigenvalue weighted by Crippen LogP contribution is 2.27. The fraction of sp³-hybridized carbons (Fsp3) is 0.0769. The smallest absolute Gasteiger partial charge is 0.339 e. The Morgan fingerprint density at radius 2 is 1.53 bits per heavy atom. The van der Waals surface area contributed by atoms with Gasteiger partial charge in [-0.1, -0.05) is 41.9 Å². The second-order valence-corrected chi connectivity index (χ2v) is 7.71. The van der Waals surface area contributed by atoms with E-state index >= 15 is 0 Å². The number of nitrogens with zero attached hydrogens (tertiary/aromatic N) is 1. The quantitative estimate of drug-likeness (QED) is 0.390. The highest BCUT2D eigenvalue weighted by Gasteiger charge is 2.20. The molecule has 3 aromatic carbocycles. The Hall–Kier alpha value is -4.23. The van der Waals surface area contributed by atoms with Crippen LogP contribution in [0.3, 0.4) is 0 Å². The molecule has 0 saturated heterocycles. The number of halogens is 1. The van der Waals surface area contributed by atoms with E-state index in [1.807, 2.05) is 24.3 Å². The first-order chi connectivity index (χ1) is 16.4. The summed E-state index contributed by atoms with van der Waals surface area (Å²) < 4.78 is 9.57. The van der Waals surface area contributed by atoms with E-state index in [1.54, 1.807) is 30.3 Å².